The summed E-state index contributed by atoms with van der Waals surface area (Å²) in [5.74, 6) is 0.919. The van der Waals surface area contributed by atoms with E-state index in [2.05, 4.69) is 60.5 Å². The Morgan fingerprint density at radius 1 is 1.19 bits per heavy atom. The molecule has 21 heavy (non-hydrogen) atoms. The highest BCUT2D eigenvalue weighted by atomic mass is 32.2. The minimum Gasteiger partial charge on any atom is -0.310 e. The summed E-state index contributed by atoms with van der Waals surface area (Å²) in [6, 6.07) is 15.4. The first-order valence-corrected chi connectivity index (χ1v) is 8.56. The van der Waals surface area contributed by atoms with Gasteiger partial charge in [-0.1, -0.05) is 25.1 Å². The lowest BCUT2D eigenvalue weighted by molar-refractivity contribution is 0.570. The minimum atomic E-state index is 0.405. The Bertz CT molecular complexity index is 569. The number of nitrogens with zero attached hydrogens (tertiary/aromatic N) is 1. The van der Waals surface area contributed by atoms with Gasteiger partial charge in [0.15, 0.2) is 0 Å². The molecular formula is C18H24N2S. The number of pyridine rings is 1. The number of hydrogen-bond acceptors (Lipinski definition) is 3. The highest BCUT2D eigenvalue weighted by molar-refractivity contribution is 7.98. The van der Waals surface area contributed by atoms with Crippen LogP contribution in [0.5, 0.6) is 0 Å². The van der Waals surface area contributed by atoms with Crippen LogP contribution in [-0.2, 0) is 5.75 Å². The molecule has 0 bridgehead atoms. The monoisotopic (exact) mass is 300 g/mol. The highest BCUT2D eigenvalue weighted by Crippen LogP contribution is 2.25. The van der Waals surface area contributed by atoms with E-state index in [1.54, 1.807) is 0 Å². The zero-order chi connectivity index (χ0) is 15.1. The standard InChI is InChI=1S/C18H24N2S/c1-4-11-19-15(3)16-8-6-10-18(12-16)21-13-17-9-5-7-14(2)20-17/h5-10,12,15,19H,4,11,13H2,1-3H3. The number of aryl methyl sites for hydroxylation is 1. The van der Waals surface area contributed by atoms with Crippen molar-refractivity contribution in [3.8, 4) is 0 Å². The van der Waals surface area contributed by atoms with Gasteiger partial charge in [0.25, 0.3) is 0 Å². The molecule has 0 spiro atoms. The normalized spacial score (nSPS) is 12.3. The van der Waals surface area contributed by atoms with Crippen LogP contribution < -0.4 is 5.32 Å². The van der Waals surface area contributed by atoms with Crippen LogP contribution in [0.1, 0.15) is 43.3 Å². The lowest BCUT2D eigenvalue weighted by Crippen LogP contribution is -2.19. The van der Waals surface area contributed by atoms with E-state index in [1.165, 1.54) is 10.5 Å². The second-order valence-corrected chi connectivity index (χ2v) is 6.36. The van der Waals surface area contributed by atoms with Gasteiger partial charge in [-0.2, -0.15) is 0 Å². The third kappa shape index (κ3) is 5.18. The molecule has 2 nitrogen and oxygen atoms in total. The third-order valence-corrected chi connectivity index (χ3v) is 4.42. The van der Waals surface area contributed by atoms with Gasteiger partial charge in [-0.15, -0.1) is 11.8 Å². The zero-order valence-corrected chi connectivity index (χ0v) is 13.9. The van der Waals surface area contributed by atoms with Crippen molar-refractivity contribution in [3.05, 3.63) is 59.4 Å². The quantitative estimate of drug-likeness (QED) is 0.747. The predicted octanol–water partition coefficient (Wildman–Crippen LogP) is 4.74. The number of nitrogens with one attached hydrogen (secondary N) is 1. The molecule has 0 radical (unpaired) electrons. The SMILES string of the molecule is CCCNC(C)c1cccc(SCc2cccc(C)n2)c1. The summed E-state index contributed by atoms with van der Waals surface area (Å²) in [5, 5.41) is 3.54. The van der Waals surface area contributed by atoms with E-state index in [4.69, 9.17) is 0 Å². The third-order valence-electron chi connectivity index (χ3n) is 3.39. The molecule has 1 unspecified atom stereocenters. The van der Waals surface area contributed by atoms with Crippen molar-refractivity contribution in [1.29, 1.82) is 0 Å². The molecule has 0 aliphatic heterocycles. The molecule has 0 amide bonds. The molecule has 0 aliphatic carbocycles. The smallest absolute Gasteiger partial charge is 0.0509 e. The summed E-state index contributed by atoms with van der Waals surface area (Å²) in [7, 11) is 0. The number of hydrogen-bond donors (Lipinski definition) is 1. The number of benzene rings is 1. The average Bonchev–Trinajstić information content (AvgIpc) is 2.51. The maximum absolute atomic E-state index is 4.55. The van der Waals surface area contributed by atoms with Crippen LogP contribution in [0.4, 0.5) is 0 Å². The van der Waals surface area contributed by atoms with E-state index in [1.807, 2.05) is 24.8 Å². The molecule has 2 aromatic rings. The first-order valence-electron chi connectivity index (χ1n) is 7.57. The summed E-state index contributed by atoms with van der Waals surface area (Å²) >= 11 is 1.85. The fourth-order valence-electron chi connectivity index (χ4n) is 2.19. The number of thioether (sulfide) groups is 1. The van der Waals surface area contributed by atoms with E-state index < -0.39 is 0 Å². The topological polar surface area (TPSA) is 24.9 Å². The van der Waals surface area contributed by atoms with Gasteiger partial charge >= 0.3 is 0 Å². The first-order chi connectivity index (χ1) is 10.2. The number of rotatable bonds is 7. The molecule has 0 saturated carbocycles. The van der Waals surface area contributed by atoms with Crippen LogP contribution in [0.25, 0.3) is 0 Å². The Morgan fingerprint density at radius 3 is 2.76 bits per heavy atom. The molecule has 0 fully saturated rings. The summed E-state index contributed by atoms with van der Waals surface area (Å²) < 4.78 is 0. The van der Waals surface area contributed by atoms with Crippen LogP contribution >= 0.6 is 11.8 Å². The molecular weight excluding hydrogens is 276 g/mol. The molecule has 0 saturated heterocycles. The van der Waals surface area contributed by atoms with Crippen LogP contribution in [0.15, 0.2) is 47.4 Å². The summed E-state index contributed by atoms with van der Waals surface area (Å²) in [6.45, 7) is 7.52. The highest BCUT2D eigenvalue weighted by Gasteiger charge is 2.05. The fourth-order valence-corrected chi connectivity index (χ4v) is 3.06. The van der Waals surface area contributed by atoms with Gasteiger partial charge in [0.2, 0.25) is 0 Å². The van der Waals surface area contributed by atoms with Crippen LogP contribution in [-0.4, -0.2) is 11.5 Å². The average molecular weight is 300 g/mol. The van der Waals surface area contributed by atoms with Crippen molar-refractivity contribution < 1.29 is 0 Å². The van der Waals surface area contributed by atoms with Gasteiger partial charge in [-0.05, 0) is 56.6 Å². The van der Waals surface area contributed by atoms with E-state index in [0.717, 1.165) is 30.1 Å². The van der Waals surface area contributed by atoms with Gasteiger partial charge in [-0.25, -0.2) is 0 Å². The number of aromatic nitrogens is 1. The van der Waals surface area contributed by atoms with Crippen molar-refractivity contribution in [1.82, 2.24) is 10.3 Å². The molecule has 0 aliphatic rings. The van der Waals surface area contributed by atoms with E-state index in [0.29, 0.717) is 6.04 Å². The van der Waals surface area contributed by atoms with Crippen molar-refractivity contribution in [2.24, 2.45) is 0 Å². The summed E-state index contributed by atoms with van der Waals surface area (Å²) in [6.07, 6.45) is 1.16. The lowest BCUT2D eigenvalue weighted by atomic mass is 10.1. The van der Waals surface area contributed by atoms with Crippen molar-refractivity contribution >= 4 is 11.8 Å². The molecule has 112 valence electrons. The van der Waals surface area contributed by atoms with Gasteiger partial charge in [0.1, 0.15) is 0 Å². The van der Waals surface area contributed by atoms with E-state index >= 15 is 0 Å². The molecule has 1 heterocycles. The maximum Gasteiger partial charge on any atom is 0.0509 e. The molecule has 3 heteroatoms. The Hall–Kier alpha value is -1.32. The second kappa shape index (κ2) is 8.20. The first kappa shape index (κ1) is 16.1. The molecule has 2 rings (SSSR count). The van der Waals surface area contributed by atoms with Crippen LogP contribution in [0.3, 0.4) is 0 Å². The van der Waals surface area contributed by atoms with Crippen molar-refractivity contribution in [3.63, 3.8) is 0 Å². The Morgan fingerprint density at radius 2 is 2.00 bits per heavy atom. The predicted molar refractivity (Wildman–Crippen MR) is 91.7 cm³/mol. The largest absolute Gasteiger partial charge is 0.310 e. The molecule has 1 atom stereocenters. The summed E-state index contributed by atoms with van der Waals surface area (Å²) in [5.41, 5.74) is 3.58. The molecule has 1 aromatic heterocycles. The lowest BCUT2D eigenvalue weighted by Gasteiger charge is -2.14. The summed E-state index contributed by atoms with van der Waals surface area (Å²) in [4.78, 5) is 5.86. The van der Waals surface area contributed by atoms with Crippen LogP contribution in [0, 0.1) is 6.92 Å². The Balaban J connectivity index is 1.97. The second-order valence-electron chi connectivity index (χ2n) is 5.31. The Labute approximate surface area is 132 Å². The van der Waals surface area contributed by atoms with Gasteiger partial charge in [0, 0.05) is 22.4 Å². The van der Waals surface area contributed by atoms with Crippen LogP contribution in [0.2, 0.25) is 0 Å². The molecule has 1 aromatic carbocycles. The fraction of sp³-hybridized carbons (Fsp3) is 0.389. The van der Waals surface area contributed by atoms with Gasteiger partial charge in [-0.3, -0.25) is 4.98 Å². The maximum atomic E-state index is 4.55. The molecule has 1 N–H and O–H groups in total. The van der Waals surface area contributed by atoms with E-state index in [9.17, 15) is 0 Å². The van der Waals surface area contributed by atoms with Gasteiger partial charge < -0.3 is 5.32 Å². The Kier molecular flexibility index (Phi) is 6.27. The zero-order valence-electron chi connectivity index (χ0n) is 13.1. The minimum absolute atomic E-state index is 0.405. The van der Waals surface area contributed by atoms with Crippen molar-refractivity contribution in [2.75, 3.05) is 6.54 Å². The van der Waals surface area contributed by atoms with Gasteiger partial charge in [0.05, 0.1) is 5.69 Å². The van der Waals surface area contributed by atoms with E-state index in [-0.39, 0.29) is 0 Å². The van der Waals surface area contributed by atoms with Crippen molar-refractivity contribution in [2.45, 2.75) is 43.9 Å².